The summed E-state index contributed by atoms with van der Waals surface area (Å²) in [7, 11) is 0. The predicted octanol–water partition coefficient (Wildman–Crippen LogP) is 3.77. The van der Waals surface area contributed by atoms with Crippen LogP contribution in [0.5, 0.6) is 11.6 Å². The molecule has 4 rings (SSSR count). The number of ether oxygens (including phenoxy) is 1. The Labute approximate surface area is 119 Å². The van der Waals surface area contributed by atoms with Gasteiger partial charge >= 0.3 is 0 Å². The molecule has 2 aromatic rings. The van der Waals surface area contributed by atoms with Crippen LogP contribution in [-0.2, 0) is 6.42 Å². The molecule has 1 aromatic carbocycles. The highest BCUT2D eigenvalue weighted by Gasteiger charge is 2.20. The summed E-state index contributed by atoms with van der Waals surface area (Å²) >= 11 is 0. The molecular formula is C17H18N2O. The summed E-state index contributed by atoms with van der Waals surface area (Å²) in [5.41, 5.74) is 2.43. The van der Waals surface area contributed by atoms with Gasteiger partial charge in [0.05, 0.1) is 0 Å². The first-order valence-electron chi connectivity index (χ1n) is 7.41. The van der Waals surface area contributed by atoms with E-state index >= 15 is 0 Å². The molecule has 1 fully saturated rings. The van der Waals surface area contributed by atoms with E-state index in [0.717, 1.165) is 37.0 Å². The third-order valence-corrected chi connectivity index (χ3v) is 4.16. The number of anilines is 1. The van der Waals surface area contributed by atoms with Crippen molar-refractivity contribution < 1.29 is 4.74 Å². The molecule has 1 saturated heterocycles. The van der Waals surface area contributed by atoms with Gasteiger partial charge in [0.1, 0.15) is 11.6 Å². The smallest absolute Gasteiger partial charge is 0.224 e. The van der Waals surface area contributed by atoms with Gasteiger partial charge in [0.25, 0.3) is 0 Å². The lowest BCUT2D eigenvalue weighted by molar-refractivity contribution is 0.439. The quantitative estimate of drug-likeness (QED) is 0.670. The number of pyridine rings is 1. The zero-order chi connectivity index (χ0) is 13.4. The zero-order valence-electron chi connectivity index (χ0n) is 11.5. The van der Waals surface area contributed by atoms with Crippen LogP contribution in [0.4, 0.5) is 5.82 Å². The Bertz CT molecular complexity index is 633. The second-order valence-electron chi connectivity index (χ2n) is 5.57. The SMILES string of the molecule is c1ccc2c(c1)Cc1ccc(N3CCCCC3)nc1O2. The lowest BCUT2D eigenvalue weighted by Gasteiger charge is -2.29. The minimum absolute atomic E-state index is 0.784. The van der Waals surface area contributed by atoms with Crippen molar-refractivity contribution in [3.05, 3.63) is 47.5 Å². The Hall–Kier alpha value is -2.03. The first-order chi connectivity index (χ1) is 9.90. The fraction of sp³-hybridized carbons (Fsp3) is 0.353. The molecule has 0 saturated carbocycles. The molecule has 0 aliphatic carbocycles. The van der Waals surface area contributed by atoms with E-state index < -0.39 is 0 Å². The molecule has 0 amide bonds. The zero-order valence-corrected chi connectivity index (χ0v) is 11.5. The third kappa shape index (κ3) is 2.03. The van der Waals surface area contributed by atoms with Crippen LogP contribution in [0.3, 0.4) is 0 Å². The molecule has 20 heavy (non-hydrogen) atoms. The van der Waals surface area contributed by atoms with Gasteiger partial charge in [0, 0.05) is 25.1 Å². The van der Waals surface area contributed by atoms with E-state index in [4.69, 9.17) is 9.72 Å². The van der Waals surface area contributed by atoms with E-state index in [-0.39, 0.29) is 0 Å². The Balaban J connectivity index is 1.65. The van der Waals surface area contributed by atoms with E-state index in [2.05, 4.69) is 29.2 Å². The molecule has 0 bridgehead atoms. The maximum atomic E-state index is 5.97. The Morgan fingerprint density at radius 1 is 0.900 bits per heavy atom. The summed E-state index contributed by atoms with van der Waals surface area (Å²) in [4.78, 5) is 7.11. The number of para-hydroxylation sites is 1. The average Bonchev–Trinajstić information content (AvgIpc) is 2.53. The largest absolute Gasteiger partial charge is 0.438 e. The molecule has 0 N–H and O–H groups in total. The fourth-order valence-electron chi connectivity index (χ4n) is 3.04. The van der Waals surface area contributed by atoms with E-state index in [0.29, 0.717) is 0 Å². The molecule has 1 aromatic heterocycles. The molecule has 3 nitrogen and oxygen atoms in total. The van der Waals surface area contributed by atoms with Crippen molar-refractivity contribution in [3.8, 4) is 11.6 Å². The highest BCUT2D eigenvalue weighted by atomic mass is 16.5. The van der Waals surface area contributed by atoms with Gasteiger partial charge in [-0.3, -0.25) is 0 Å². The summed E-state index contributed by atoms with van der Waals surface area (Å²) in [6.07, 6.45) is 4.79. The highest BCUT2D eigenvalue weighted by molar-refractivity contribution is 5.51. The second-order valence-corrected chi connectivity index (χ2v) is 5.57. The normalized spacial score (nSPS) is 17.1. The van der Waals surface area contributed by atoms with Crippen LogP contribution in [0.25, 0.3) is 0 Å². The predicted molar refractivity (Wildman–Crippen MR) is 79.6 cm³/mol. The topological polar surface area (TPSA) is 25.4 Å². The number of hydrogen-bond donors (Lipinski definition) is 0. The molecule has 0 radical (unpaired) electrons. The maximum Gasteiger partial charge on any atom is 0.224 e. The van der Waals surface area contributed by atoms with Crippen molar-refractivity contribution in [2.75, 3.05) is 18.0 Å². The van der Waals surface area contributed by atoms with Crippen molar-refractivity contribution in [2.45, 2.75) is 25.7 Å². The van der Waals surface area contributed by atoms with Gasteiger partial charge in [-0.25, -0.2) is 0 Å². The molecule has 0 spiro atoms. The molecule has 3 heteroatoms. The second kappa shape index (κ2) is 4.82. The van der Waals surface area contributed by atoms with Gasteiger partial charge in [-0.2, -0.15) is 4.98 Å². The van der Waals surface area contributed by atoms with Crippen LogP contribution in [0, 0.1) is 0 Å². The van der Waals surface area contributed by atoms with Crippen LogP contribution in [0.2, 0.25) is 0 Å². The summed E-state index contributed by atoms with van der Waals surface area (Å²) in [5.74, 6) is 2.79. The number of hydrogen-bond acceptors (Lipinski definition) is 3. The lowest BCUT2D eigenvalue weighted by Crippen LogP contribution is -2.30. The Morgan fingerprint density at radius 3 is 2.65 bits per heavy atom. The third-order valence-electron chi connectivity index (χ3n) is 4.16. The van der Waals surface area contributed by atoms with Crippen LogP contribution in [0.1, 0.15) is 30.4 Å². The standard InChI is InChI=1S/C17H18N2O/c1-4-10-19(11-5-1)16-9-8-14-12-13-6-2-3-7-15(13)20-17(14)18-16/h2-3,6-9H,1,4-5,10-12H2. The van der Waals surface area contributed by atoms with Gasteiger partial charge in [-0.05, 0) is 43.0 Å². The minimum atomic E-state index is 0.784. The number of benzene rings is 1. The van der Waals surface area contributed by atoms with Crippen LogP contribution in [0.15, 0.2) is 36.4 Å². The van der Waals surface area contributed by atoms with Gasteiger partial charge in [0.2, 0.25) is 5.88 Å². The van der Waals surface area contributed by atoms with Gasteiger partial charge in [-0.1, -0.05) is 18.2 Å². The number of piperidine rings is 1. The van der Waals surface area contributed by atoms with Gasteiger partial charge < -0.3 is 9.64 Å². The average molecular weight is 266 g/mol. The first-order valence-corrected chi connectivity index (χ1v) is 7.41. The molecule has 102 valence electrons. The minimum Gasteiger partial charge on any atom is -0.438 e. The summed E-state index contributed by atoms with van der Waals surface area (Å²) in [6, 6.07) is 12.5. The van der Waals surface area contributed by atoms with E-state index in [1.165, 1.54) is 30.4 Å². The van der Waals surface area contributed by atoms with E-state index in [1.54, 1.807) is 0 Å². The van der Waals surface area contributed by atoms with Crippen LogP contribution in [-0.4, -0.2) is 18.1 Å². The van der Waals surface area contributed by atoms with Crippen molar-refractivity contribution in [2.24, 2.45) is 0 Å². The van der Waals surface area contributed by atoms with Gasteiger partial charge in [0.15, 0.2) is 0 Å². The van der Waals surface area contributed by atoms with E-state index in [9.17, 15) is 0 Å². The van der Waals surface area contributed by atoms with Crippen molar-refractivity contribution >= 4 is 5.82 Å². The number of fused-ring (bicyclic) bond motifs is 2. The first kappa shape index (κ1) is 11.8. The van der Waals surface area contributed by atoms with Crippen molar-refractivity contribution in [3.63, 3.8) is 0 Å². The Morgan fingerprint density at radius 2 is 1.75 bits per heavy atom. The molecule has 0 unspecified atom stereocenters. The molecule has 2 aliphatic heterocycles. The lowest BCUT2D eigenvalue weighted by atomic mass is 10.0. The Kier molecular flexibility index (Phi) is 2.84. The van der Waals surface area contributed by atoms with Crippen LogP contribution >= 0.6 is 0 Å². The fourth-order valence-corrected chi connectivity index (χ4v) is 3.04. The number of aromatic nitrogens is 1. The van der Waals surface area contributed by atoms with Crippen molar-refractivity contribution in [1.29, 1.82) is 0 Å². The molecular weight excluding hydrogens is 248 g/mol. The maximum absolute atomic E-state index is 5.97. The molecule has 3 heterocycles. The number of rotatable bonds is 1. The summed E-state index contributed by atoms with van der Waals surface area (Å²) < 4.78 is 5.97. The summed E-state index contributed by atoms with van der Waals surface area (Å²) in [6.45, 7) is 2.23. The monoisotopic (exact) mass is 266 g/mol. The summed E-state index contributed by atoms with van der Waals surface area (Å²) in [5, 5.41) is 0. The highest BCUT2D eigenvalue weighted by Crippen LogP contribution is 2.36. The molecule has 0 atom stereocenters. The molecule has 2 aliphatic rings. The van der Waals surface area contributed by atoms with Gasteiger partial charge in [-0.15, -0.1) is 0 Å². The van der Waals surface area contributed by atoms with E-state index in [1.807, 2.05) is 12.1 Å². The van der Waals surface area contributed by atoms with Crippen molar-refractivity contribution in [1.82, 2.24) is 4.98 Å². The van der Waals surface area contributed by atoms with Crippen LogP contribution < -0.4 is 9.64 Å². The number of nitrogens with zero attached hydrogens (tertiary/aromatic N) is 2.